The first-order valence-corrected chi connectivity index (χ1v) is 7.22. The van der Waals surface area contributed by atoms with E-state index in [0.29, 0.717) is 4.91 Å². The quantitative estimate of drug-likeness (QED) is 0.866. The van der Waals surface area contributed by atoms with E-state index in [0.717, 1.165) is 34.4 Å². The Kier molecular flexibility index (Phi) is 3.39. The maximum absolute atomic E-state index is 11.6. The third-order valence-corrected chi connectivity index (χ3v) is 4.11. The number of nitrogens with one attached hydrogen (secondary N) is 1. The van der Waals surface area contributed by atoms with Gasteiger partial charge in [0.1, 0.15) is 0 Å². The van der Waals surface area contributed by atoms with E-state index in [9.17, 15) is 9.59 Å². The molecule has 0 spiro atoms. The number of aryl methyl sites for hydroxylation is 1. The summed E-state index contributed by atoms with van der Waals surface area (Å²) in [5.74, 6) is -0.337. The minimum Gasteiger partial charge on any atom is -0.316 e. The second kappa shape index (κ2) is 5.21. The van der Waals surface area contributed by atoms with E-state index in [1.807, 2.05) is 32.0 Å². The van der Waals surface area contributed by atoms with Gasteiger partial charge in [-0.05, 0) is 55.4 Å². The van der Waals surface area contributed by atoms with Crippen LogP contribution in [0.1, 0.15) is 17.0 Å². The van der Waals surface area contributed by atoms with Crippen LogP contribution >= 0.6 is 11.8 Å². The smallest absolute Gasteiger partial charge is 0.290 e. The molecular weight excluding hydrogens is 286 g/mol. The predicted molar refractivity (Wildman–Crippen MR) is 82.1 cm³/mol. The van der Waals surface area contributed by atoms with Gasteiger partial charge in [-0.2, -0.15) is 0 Å². The Morgan fingerprint density at radius 3 is 2.76 bits per heavy atom. The number of pyridine rings is 1. The van der Waals surface area contributed by atoms with Gasteiger partial charge in [0.2, 0.25) is 0 Å². The molecule has 0 aliphatic carbocycles. The number of nitrogens with zero attached hydrogens (tertiary/aromatic N) is 2. The van der Waals surface area contributed by atoms with E-state index in [2.05, 4.69) is 14.9 Å². The van der Waals surface area contributed by atoms with E-state index in [-0.39, 0.29) is 11.1 Å². The molecule has 0 saturated carbocycles. The van der Waals surface area contributed by atoms with Crippen LogP contribution in [0.4, 0.5) is 4.79 Å². The minimum atomic E-state index is -0.337. The number of hydrogen-bond donors (Lipinski definition) is 1. The lowest BCUT2D eigenvalue weighted by atomic mass is 10.2. The van der Waals surface area contributed by atoms with Crippen molar-refractivity contribution in [2.75, 3.05) is 0 Å². The van der Waals surface area contributed by atoms with Crippen LogP contribution in [-0.2, 0) is 4.79 Å². The zero-order valence-electron chi connectivity index (χ0n) is 11.6. The van der Waals surface area contributed by atoms with Crippen molar-refractivity contribution in [2.45, 2.75) is 13.8 Å². The molecular formula is C15H13N3O2S. The molecule has 5 nitrogen and oxygen atoms in total. The van der Waals surface area contributed by atoms with E-state index in [1.165, 1.54) is 0 Å². The average molecular weight is 299 g/mol. The summed E-state index contributed by atoms with van der Waals surface area (Å²) >= 11 is 0.928. The highest BCUT2D eigenvalue weighted by atomic mass is 32.2. The molecule has 6 heteroatoms. The first-order valence-electron chi connectivity index (χ1n) is 6.40. The number of imide groups is 1. The fourth-order valence-corrected chi connectivity index (χ4v) is 3.05. The molecule has 0 atom stereocenters. The Labute approximate surface area is 126 Å². The van der Waals surface area contributed by atoms with Gasteiger partial charge in [-0.1, -0.05) is 0 Å². The zero-order valence-corrected chi connectivity index (χ0v) is 12.4. The minimum absolute atomic E-state index is 0.327. The zero-order chi connectivity index (χ0) is 15.0. The van der Waals surface area contributed by atoms with Gasteiger partial charge >= 0.3 is 0 Å². The maximum Gasteiger partial charge on any atom is 0.290 e. The molecule has 1 N–H and O–H groups in total. The van der Waals surface area contributed by atoms with Crippen LogP contribution in [0.2, 0.25) is 0 Å². The molecule has 106 valence electrons. The normalized spacial score (nSPS) is 16.6. The Balaban J connectivity index is 2.05. The number of hydrogen-bond acceptors (Lipinski definition) is 4. The largest absolute Gasteiger partial charge is 0.316 e. The third-order valence-electron chi connectivity index (χ3n) is 3.30. The summed E-state index contributed by atoms with van der Waals surface area (Å²) in [7, 11) is 0. The van der Waals surface area contributed by atoms with Crippen molar-refractivity contribution >= 4 is 29.0 Å². The monoisotopic (exact) mass is 299 g/mol. The van der Waals surface area contributed by atoms with Crippen molar-refractivity contribution in [1.29, 1.82) is 0 Å². The molecule has 2 amide bonds. The summed E-state index contributed by atoms with van der Waals surface area (Å²) < 4.78 is 2.07. The van der Waals surface area contributed by atoms with Gasteiger partial charge in [0.15, 0.2) is 0 Å². The van der Waals surface area contributed by atoms with Gasteiger partial charge in [-0.3, -0.25) is 19.9 Å². The molecule has 2 aromatic rings. The van der Waals surface area contributed by atoms with E-state index < -0.39 is 0 Å². The molecule has 21 heavy (non-hydrogen) atoms. The van der Waals surface area contributed by atoms with Crippen molar-refractivity contribution in [1.82, 2.24) is 14.9 Å². The number of thioether (sulfide) groups is 1. The molecule has 1 saturated heterocycles. The second-order valence-electron chi connectivity index (χ2n) is 4.73. The SMILES string of the molecule is Cc1cc(/C=C2\SC(=O)NC2=O)c(C)n1-c1cccnc1. The van der Waals surface area contributed by atoms with Crippen molar-refractivity contribution in [3.8, 4) is 5.69 Å². The van der Waals surface area contributed by atoms with Crippen LogP contribution in [-0.4, -0.2) is 20.7 Å². The molecule has 1 aliphatic heterocycles. The summed E-state index contributed by atoms with van der Waals surface area (Å²) in [4.78, 5) is 27.4. The summed E-state index contributed by atoms with van der Waals surface area (Å²) in [6.45, 7) is 3.97. The highest BCUT2D eigenvalue weighted by Crippen LogP contribution is 2.28. The Morgan fingerprint density at radius 2 is 2.14 bits per heavy atom. The van der Waals surface area contributed by atoms with Crippen LogP contribution < -0.4 is 5.32 Å². The topological polar surface area (TPSA) is 64.0 Å². The van der Waals surface area contributed by atoms with Gasteiger partial charge in [0.05, 0.1) is 16.8 Å². The molecule has 1 fully saturated rings. The van der Waals surface area contributed by atoms with Gasteiger partial charge in [0, 0.05) is 17.6 Å². The first-order chi connectivity index (χ1) is 10.1. The van der Waals surface area contributed by atoms with Crippen LogP contribution in [0.3, 0.4) is 0 Å². The van der Waals surface area contributed by atoms with Crippen molar-refractivity contribution in [3.63, 3.8) is 0 Å². The Hall–Kier alpha value is -2.34. The fourth-order valence-electron chi connectivity index (χ4n) is 2.38. The molecule has 2 aromatic heterocycles. The highest BCUT2D eigenvalue weighted by molar-refractivity contribution is 8.18. The lowest BCUT2D eigenvalue weighted by molar-refractivity contribution is -0.115. The number of aromatic nitrogens is 2. The Bertz CT molecular complexity index is 763. The fraction of sp³-hybridized carbons (Fsp3) is 0.133. The number of carbonyl (C=O) groups is 2. The van der Waals surface area contributed by atoms with Crippen LogP contribution in [0.15, 0.2) is 35.5 Å². The van der Waals surface area contributed by atoms with Crippen molar-refractivity contribution < 1.29 is 9.59 Å². The number of carbonyl (C=O) groups excluding carboxylic acids is 2. The molecule has 0 unspecified atom stereocenters. The standard InChI is InChI=1S/C15H13N3O2S/c1-9-6-11(7-13-14(19)17-15(20)21-13)10(2)18(9)12-4-3-5-16-8-12/h3-8H,1-2H3,(H,17,19,20)/b13-7-. The maximum atomic E-state index is 11.6. The lowest BCUT2D eigenvalue weighted by Crippen LogP contribution is -2.17. The second-order valence-corrected chi connectivity index (χ2v) is 5.74. The van der Waals surface area contributed by atoms with E-state index in [4.69, 9.17) is 0 Å². The third kappa shape index (κ3) is 2.50. The summed E-state index contributed by atoms with van der Waals surface area (Å²) in [5, 5.41) is 1.93. The molecule has 0 aromatic carbocycles. The molecule has 0 radical (unpaired) electrons. The van der Waals surface area contributed by atoms with Gasteiger partial charge in [0.25, 0.3) is 11.1 Å². The summed E-state index contributed by atoms with van der Waals surface area (Å²) in [5.41, 5.74) is 3.93. The van der Waals surface area contributed by atoms with Crippen LogP contribution in [0, 0.1) is 13.8 Å². The first kappa shape index (κ1) is 13.6. The van der Waals surface area contributed by atoms with E-state index in [1.54, 1.807) is 18.5 Å². The lowest BCUT2D eigenvalue weighted by Gasteiger charge is -2.08. The summed E-state index contributed by atoms with van der Waals surface area (Å²) in [6.07, 6.45) is 5.27. The van der Waals surface area contributed by atoms with Crippen LogP contribution in [0.25, 0.3) is 11.8 Å². The van der Waals surface area contributed by atoms with Crippen LogP contribution in [0.5, 0.6) is 0 Å². The highest BCUT2D eigenvalue weighted by Gasteiger charge is 2.25. The summed E-state index contributed by atoms with van der Waals surface area (Å²) in [6, 6.07) is 5.85. The van der Waals surface area contributed by atoms with E-state index >= 15 is 0 Å². The molecule has 0 bridgehead atoms. The average Bonchev–Trinajstić information content (AvgIpc) is 2.91. The molecule has 3 rings (SSSR count). The van der Waals surface area contributed by atoms with Crippen molar-refractivity contribution in [3.05, 3.63) is 52.4 Å². The molecule has 3 heterocycles. The molecule has 1 aliphatic rings. The van der Waals surface area contributed by atoms with Gasteiger partial charge in [-0.15, -0.1) is 0 Å². The van der Waals surface area contributed by atoms with Gasteiger partial charge in [-0.25, -0.2) is 0 Å². The number of rotatable bonds is 2. The van der Waals surface area contributed by atoms with Gasteiger partial charge < -0.3 is 4.57 Å². The Morgan fingerprint density at radius 1 is 1.33 bits per heavy atom. The predicted octanol–water partition coefficient (Wildman–Crippen LogP) is 2.81. The van der Waals surface area contributed by atoms with Crippen molar-refractivity contribution in [2.24, 2.45) is 0 Å². The number of amides is 2.